The summed E-state index contributed by atoms with van der Waals surface area (Å²) in [6.45, 7) is 13.4. The van der Waals surface area contributed by atoms with Crippen LogP contribution in [-0.2, 0) is 14.9 Å². The van der Waals surface area contributed by atoms with Crippen molar-refractivity contribution >= 4 is 12.2 Å². The number of hydrogen-bond acceptors (Lipinski definition) is 4. The summed E-state index contributed by atoms with van der Waals surface area (Å²) >= 11 is 0. The molecule has 0 radical (unpaired) electrons. The van der Waals surface area contributed by atoms with Crippen molar-refractivity contribution in [3.8, 4) is 0 Å². The van der Waals surface area contributed by atoms with Crippen molar-refractivity contribution in [3.05, 3.63) is 68.8 Å². The van der Waals surface area contributed by atoms with Crippen molar-refractivity contribution in [2.45, 2.75) is 111 Å². The third kappa shape index (κ3) is 5.80. The number of carbonyl (C=O) groups excluding carboxylic acids is 2. The molecule has 0 aliphatic heterocycles. The first kappa shape index (κ1) is 29.0. The zero-order valence-corrected chi connectivity index (χ0v) is 24.6. The largest absolute Gasteiger partial charge is 0.446 e. The Morgan fingerprint density at radius 2 is 0.872 bits per heavy atom. The summed E-state index contributed by atoms with van der Waals surface area (Å²) in [6.07, 6.45) is 5.42. The molecule has 6 nitrogen and oxygen atoms in total. The number of rotatable bonds is 6. The van der Waals surface area contributed by atoms with Gasteiger partial charge < -0.3 is 20.9 Å². The van der Waals surface area contributed by atoms with Crippen LogP contribution in [0.3, 0.4) is 0 Å². The molecule has 4 rings (SSSR count). The summed E-state index contributed by atoms with van der Waals surface area (Å²) < 4.78 is 10.9. The van der Waals surface area contributed by atoms with Crippen LogP contribution in [0.2, 0.25) is 0 Å². The summed E-state index contributed by atoms with van der Waals surface area (Å²) in [5.41, 5.74) is 21.3. The maximum Gasteiger partial charge on any atom is 0.404 e. The molecular weight excluding hydrogens is 488 g/mol. The number of hydrogen-bond donors (Lipinski definition) is 2. The first-order valence-corrected chi connectivity index (χ1v) is 14.5. The lowest BCUT2D eigenvalue weighted by molar-refractivity contribution is 0.0273. The lowest BCUT2D eigenvalue weighted by Gasteiger charge is -2.53. The van der Waals surface area contributed by atoms with Crippen LogP contribution in [0.4, 0.5) is 9.59 Å². The van der Waals surface area contributed by atoms with Gasteiger partial charge in [-0.15, -0.1) is 0 Å². The Labute approximate surface area is 233 Å². The minimum atomic E-state index is -0.687. The topological polar surface area (TPSA) is 105 Å². The number of carbonyl (C=O) groups is 2. The quantitative estimate of drug-likeness (QED) is 0.411. The van der Waals surface area contributed by atoms with E-state index in [4.69, 9.17) is 20.9 Å². The van der Waals surface area contributed by atoms with E-state index >= 15 is 0 Å². The van der Waals surface area contributed by atoms with Gasteiger partial charge in [0.1, 0.15) is 12.2 Å². The van der Waals surface area contributed by atoms with Gasteiger partial charge in [0.2, 0.25) is 0 Å². The molecule has 2 fully saturated rings. The molecule has 2 aliphatic carbocycles. The highest BCUT2D eigenvalue weighted by molar-refractivity contribution is 5.65. The Morgan fingerprint density at radius 3 is 1.13 bits per heavy atom. The minimum absolute atomic E-state index is 0.128. The smallest absolute Gasteiger partial charge is 0.404 e. The molecule has 212 valence electrons. The second-order valence-electron chi connectivity index (χ2n) is 12.2. The second-order valence-corrected chi connectivity index (χ2v) is 12.2. The normalized spacial score (nSPS) is 23.7. The highest BCUT2D eigenvalue weighted by Crippen LogP contribution is 2.57. The van der Waals surface area contributed by atoms with Crippen molar-refractivity contribution in [1.82, 2.24) is 0 Å². The molecule has 0 aromatic heterocycles. The summed E-state index contributed by atoms with van der Waals surface area (Å²) in [5, 5.41) is 0. The molecule has 0 saturated heterocycles. The molecule has 0 unspecified atom stereocenters. The monoisotopic (exact) mass is 534 g/mol. The maximum atomic E-state index is 11.5. The van der Waals surface area contributed by atoms with Crippen LogP contribution >= 0.6 is 0 Å². The summed E-state index contributed by atoms with van der Waals surface area (Å²) in [4.78, 5) is 23.1. The lowest BCUT2D eigenvalue weighted by atomic mass is 9.50. The van der Waals surface area contributed by atoms with Crippen LogP contribution in [0.5, 0.6) is 0 Å². The summed E-state index contributed by atoms with van der Waals surface area (Å²) in [5.74, 6) is 0.730. The van der Waals surface area contributed by atoms with Gasteiger partial charge in [-0.3, -0.25) is 0 Å². The van der Waals surface area contributed by atoms with Crippen LogP contribution in [0.15, 0.2) is 24.3 Å². The van der Waals surface area contributed by atoms with Crippen LogP contribution < -0.4 is 11.5 Å². The van der Waals surface area contributed by atoms with Crippen molar-refractivity contribution in [2.75, 3.05) is 0 Å². The van der Waals surface area contributed by atoms with Gasteiger partial charge in [-0.1, -0.05) is 35.4 Å². The van der Waals surface area contributed by atoms with E-state index in [9.17, 15) is 9.59 Å². The Hall–Kier alpha value is -3.02. The van der Waals surface area contributed by atoms with E-state index in [2.05, 4.69) is 65.8 Å². The molecule has 6 heteroatoms. The predicted molar refractivity (Wildman–Crippen MR) is 155 cm³/mol. The van der Waals surface area contributed by atoms with Gasteiger partial charge in [0.25, 0.3) is 0 Å². The number of amides is 2. The van der Waals surface area contributed by atoms with Crippen molar-refractivity contribution < 1.29 is 19.1 Å². The Bertz CT molecular complexity index is 1080. The molecule has 39 heavy (non-hydrogen) atoms. The first-order chi connectivity index (χ1) is 18.4. The average Bonchev–Trinajstić information content (AvgIpc) is 2.82. The van der Waals surface area contributed by atoms with E-state index in [0.29, 0.717) is 11.8 Å². The van der Waals surface area contributed by atoms with Crippen LogP contribution in [0, 0.1) is 53.4 Å². The minimum Gasteiger partial charge on any atom is -0.446 e. The lowest BCUT2D eigenvalue weighted by Crippen LogP contribution is -2.49. The molecule has 2 amide bonds. The fourth-order valence-electron chi connectivity index (χ4n) is 8.54. The van der Waals surface area contributed by atoms with Crippen molar-refractivity contribution in [3.63, 3.8) is 0 Å². The van der Waals surface area contributed by atoms with Gasteiger partial charge in [0.15, 0.2) is 0 Å². The number of primary amides is 2. The second kappa shape index (κ2) is 11.6. The first-order valence-electron chi connectivity index (χ1n) is 14.5. The number of nitrogens with two attached hydrogens (primary N) is 2. The molecule has 2 saturated carbocycles. The van der Waals surface area contributed by atoms with E-state index in [-0.39, 0.29) is 17.6 Å². The van der Waals surface area contributed by atoms with Gasteiger partial charge in [-0.2, -0.15) is 0 Å². The van der Waals surface area contributed by atoms with Gasteiger partial charge >= 0.3 is 12.2 Å². The molecule has 2 aromatic carbocycles. The van der Waals surface area contributed by atoms with Gasteiger partial charge in [0, 0.05) is 5.41 Å². The van der Waals surface area contributed by atoms with Crippen molar-refractivity contribution in [2.24, 2.45) is 23.3 Å². The van der Waals surface area contributed by atoms with Crippen LogP contribution in [0.25, 0.3) is 0 Å². The molecule has 0 spiro atoms. The maximum absolute atomic E-state index is 11.5. The van der Waals surface area contributed by atoms with Crippen LogP contribution in [0.1, 0.15) is 95.9 Å². The molecular formula is C33H46N2O4. The molecule has 4 N–H and O–H groups in total. The van der Waals surface area contributed by atoms with E-state index in [1.54, 1.807) is 0 Å². The molecule has 0 atom stereocenters. The average molecular weight is 535 g/mol. The standard InChI is InChI=1S/C33H46N2O4/c1-19-15-21(3)29(22(4)16-19)33(30-23(5)17-20(2)18-24(30)6,25-7-11-27(12-8-25)38-31(34)36)26-9-13-28(14-10-26)39-32(35)37/h15-18,25-28H,7-14H2,1-6H3,(H2,34,36)(H2,35,37). The number of ether oxygens (including phenoxy) is 2. The zero-order valence-electron chi connectivity index (χ0n) is 24.6. The fraction of sp³-hybridized carbons (Fsp3) is 0.576. The highest BCUT2D eigenvalue weighted by atomic mass is 16.6. The number of aryl methyl sites for hydroxylation is 6. The third-order valence-corrected chi connectivity index (χ3v) is 9.38. The van der Waals surface area contributed by atoms with E-state index in [0.717, 1.165) is 51.4 Å². The Morgan fingerprint density at radius 1 is 0.590 bits per heavy atom. The summed E-state index contributed by atoms with van der Waals surface area (Å²) in [6, 6.07) is 9.33. The SMILES string of the molecule is Cc1cc(C)c(C(c2c(C)cc(C)cc2C)(C2CCC(OC(N)=O)CC2)C2CCC(OC(N)=O)CC2)c(C)c1. The highest BCUT2D eigenvalue weighted by Gasteiger charge is 2.52. The Balaban J connectivity index is 1.94. The van der Waals surface area contributed by atoms with Crippen LogP contribution in [-0.4, -0.2) is 24.4 Å². The third-order valence-electron chi connectivity index (χ3n) is 9.38. The Kier molecular flexibility index (Phi) is 8.63. The zero-order chi connectivity index (χ0) is 28.5. The van der Waals surface area contributed by atoms with E-state index < -0.39 is 12.2 Å². The predicted octanol–water partition coefficient (Wildman–Crippen LogP) is 7.13. The van der Waals surface area contributed by atoms with E-state index in [1.807, 2.05) is 0 Å². The molecule has 2 aliphatic rings. The molecule has 2 aromatic rings. The summed E-state index contributed by atoms with van der Waals surface area (Å²) in [7, 11) is 0. The van der Waals surface area contributed by atoms with Gasteiger partial charge in [-0.25, -0.2) is 9.59 Å². The van der Waals surface area contributed by atoms with E-state index in [1.165, 1.54) is 44.5 Å². The van der Waals surface area contributed by atoms with Gasteiger partial charge in [-0.05, 0) is 138 Å². The van der Waals surface area contributed by atoms with Crippen molar-refractivity contribution in [1.29, 1.82) is 0 Å². The molecule has 0 bridgehead atoms. The fourth-order valence-corrected chi connectivity index (χ4v) is 8.54. The molecule has 0 heterocycles. The number of benzene rings is 2. The van der Waals surface area contributed by atoms with Gasteiger partial charge in [0.05, 0.1) is 0 Å².